The molecule has 2 heterocycles. The van der Waals surface area contributed by atoms with Crippen molar-refractivity contribution in [2.45, 2.75) is 12.8 Å². The summed E-state index contributed by atoms with van der Waals surface area (Å²) in [6.45, 7) is 1.87. The smallest absolute Gasteiger partial charge is 0.244 e. The number of aromatic nitrogens is 2. The first-order valence-electron chi connectivity index (χ1n) is 6.63. The molecule has 0 bridgehead atoms. The summed E-state index contributed by atoms with van der Waals surface area (Å²) in [5.41, 5.74) is 8.63. The van der Waals surface area contributed by atoms with E-state index in [9.17, 15) is 5.26 Å². The van der Waals surface area contributed by atoms with Gasteiger partial charge < -0.3 is 15.2 Å². The first kappa shape index (κ1) is 15.9. The van der Waals surface area contributed by atoms with E-state index < -0.39 is 5.92 Å². The second-order valence-electron chi connectivity index (χ2n) is 5.00. The van der Waals surface area contributed by atoms with Gasteiger partial charge in [0.15, 0.2) is 0 Å². The summed E-state index contributed by atoms with van der Waals surface area (Å²) in [5.74, 6) is 0.634. The van der Waals surface area contributed by atoms with E-state index >= 15 is 0 Å². The van der Waals surface area contributed by atoms with Gasteiger partial charge in [0.25, 0.3) is 0 Å². The molecule has 3 rings (SSSR count). The van der Waals surface area contributed by atoms with Crippen LogP contribution in [0.1, 0.15) is 22.7 Å². The summed E-state index contributed by atoms with van der Waals surface area (Å²) in [5, 5.41) is 16.6. The molecule has 2 aromatic rings. The Bertz CT molecular complexity index is 867. The third-order valence-corrected chi connectivity index (χ3v) is 4.73. The molecule has 0 aliphatic carbocycles. The molecule has 23 heavy (non-hydrogen) atoms. The van der Waals surface area contributed by atoms with Crippen LogP contribution in [0.5, 0.6) is 11.6 Å². The van der Waals surface area contributed by atoms with E-state index in [0.717, 1.165) is 25.8 Å². The largest absolute Gasteiger partial charge is 0.495 e. The van der Waals surface area contributed by atoms with Crippen molar-refractivity contribution in [2.24, 2.45) is 5.73 Å². The number of fused-ring (bicyclic) bond motifs is 1. The maximum Gasteiger partial charge on any atom is 0.244 e. The third-order valence-electron chi connectivity index (χ3n) is 3.68. The Hall–Kier alpha value is -1.98. The van der Waals surface area contributed by atoms with Crippen molar-refractivity contribution in [3.63, 3.8) is 0 Å². The summed E-state index contributed by atoms with van der Waals surface area (Å²) in [4.78, 5) is 0. The number of aromatic amines is 1. The lowest BCUT2D eigenvalue weighted by Gasteiger charge is -2.25. The molecule has 3 N–H and O–H groups in total. The molecule has 1 aromatic heterocycles. The lowest BCUT2D eigenvalue weighted by molar-refractivity contribution is 0.374. The Morgan fingerprint density at radius 2 is 2.17 bits per heavy atom. The molecule has 1 aliphatic heterocycles. The topological polar surface area (TPSA) is 96.9 Å². The minimum atomic E-state index is -0.425. The number of benzene rings is 1. The SMILES string of the molecule is COc1c(Br)cc(Br)cc1[C@@H]1C(C#N)=C(N)Oc2n[nH]c(C)c21. The number of allylic oxidation sites excluding steroid dienone is 1. The van der Waals surface area contributed by atoms with Crippen LogP contribution in [-0.2, 0) is 0 Å². The molecule has 118 valence electrons. The highest BCUT2D eigenvalue weighted by molar-refractivity contribution is 9.11. The highest BCUT2D eigenvalue weighted by Gasteiger charge is 2.36. The number of nitrogens with two attached hydrogens (primary N) is 1. The van der Waals surface area contributed by atoms with Gasteiger partial charge >= 0.3 is 0 Å². The average Bonchev–Trinajstić information content (AvgIpc) is 2.86. The number of rotatable bonds is 2. The Kier molecular flexibility index (Phi) is 4.08. The molecule has 8 heteroatoms. The quantitative estimate of drug-likeness (QED) is 0.746. The summed E-state index contributed by atoms with van der Waals surface area (Å²) in [7, 11) is 1.58. The Labute approximate surface area is 149 Å². The van der Waals surface area contributed by atoms with E-state index in [0.29, 0.717) is 17.2 Å². The van der Waals surface area contributed by atoms with Crippen molar-refractivity contribution in [3.05, 3.63) is 49.4 Å². The van der Waals surface area contributed by atoms with Gasteiger partial charge in [0, 0.05) is 21.3 Å². The number of nitrogens with one attached hydrogen (secondary N) is 1. The minimum Gasteiger partial charge on any atom is -0.495 e. The van der Waals surface area contributed by atoms with E-state index in [1.807, 2.05) is 19.1 Å². The second-order valence-corrected chi connectivity index (χ2v) is 6.77. The van der Waals surface area contributed by atoms with Gasteiger partial charge in [-0.05, 0) is 35.0 Å². The lowest BCUT2D eigenvalue weighted by atomic mass is 9.83. The van der Waals surface area contributed by atoms with Crippen molar-refractivity contribution >= 4 is 31.9 Å². The third kappa shape index (κ3) is 2.50. The molecule has 1 aliphatic rings. The van der Waals surface area contributed by atoms with Crippen LogP contribution in [0.3, 0.4) is 0 Å². The fourth-order valence-electron chi connectivity index (χ4n) is 2.72. The number of nitrogens with zero attached hydrogens (tertiary/aromatic N) is 2. The maximum absolute atomic E-state index is 9.59. The van der Waals surface area contributed by atoms with Crippen LogP contribution in [0.4, 0.5) is 0 Å². The Morgan fingerprint density at radius 1 is 1.43 bits per heavy atom. The van der Waals surface area contributed by atoms with E-state index in [2.05, 4.69) is 48.1 Å². The van der Waals surface area contributed by atoms with Gasteiger partial charge in [-0.15, -0.1) is 5.10 Å². The van der Waals surface area contributed by atoms with E-state index in [1.165, 1.54) is 0 Å². The highest BCUT2D eigenvalue weighted by Crippen LogP contribution is 2.47. The number of ether oxygens (including phenoxy) is 2. The first-order valence-corrected chi connectivity index (χ1v) is 8.21. The molecule has 0 spiro atoms. The van der Waals surface area contributed by atoms with Crippen molar-refractivity contribution in [1.29, 1.82) is 5.26 Å². The lowest BCUT2D eigenvalue weighted by Crippen LogP contribution is -2.21. The molecule has 0 saturated heterocycles. The van der Waals surface area contributed by atoms with E-state index in [4.69, 9.17) is 15.2 Å². The zero-order chi connectivity index (χ0) is 16.7. The van der Waals surface area contributed by atoms with Crippen molar-refractivity contribution in [1.82, 2.24) is 10.2 Å². The summed E-state index contributed by atoms with van der Waals surface area (Å²) < 4.78 is 12.6. The number of halogens is 2. The molecule has 0 unspecified atom stereocenters. The van der Waals surface area contributed by atoms with Crippen LogP contribution in [0.15, 0.2) is 32.5 Å². The van der Waals surface area contributed by atoms with Crippen LogP contribution in [0, 0.1) is 18.3 Å². The van der Waals surface area contributed by atoms with Crippen LogP contribution in [0.2, 0.25) is 0 Å². The van der Waals surface area contributed by atoms with Gasteiger partial charge in [-0.25, -0.2) is 0 Å². The van der Waals surface area contributed by atoms with Crippen molar-refractivity contribution < 1.29 is 9.47 Å². The summed E-state index contributed by atoms with van der Waals surface area (Å²) in [6.07, 6.45) is 0. The fourth-order valence-corrected chi connectivity index (χ4v) is 4.14. The van der Waals surface area contributed by atoms with Gasteiger partial charge in [-0.1, -0.05) is 15.9 Å². The Balaban J connectivity index is 2.34. The number of hydrogen-bond donors (Lipinski definition) is 2. The fraction of sp³-hybridized carbons (Fsp3) is 0.200. The predicted molar refractivity (Wildman–Crippen MR) is 91.0 cm³/mol. The van der Waals surface area contributed by atoms with E-state index in [-0.39, 0.29) is 5.88 Å². The molecular weight excluding hydrogens is 428 g/mol. The average molecular weight is 440 g/mol. The molecule has 0 radical (unpaired) electrons. The first-order chi connectivity index (χ1) is 11.0. The number of nitriles is 1. The number of hydrogen-bond acceptors (Lipinski definition) is 5. The van der Waals surface area contributed by atoms with Crippen LogP contribution in [-0.4, -0.2) is 17.3 Å². The molecule has 0 saturated carbocycles. The van der Waals surface area contributed by atoms with Gasteiger partial charge in [-0.2, -0.15) is 5.26 Å². The minimum absolute atomic E-state index is 0.0506. The maximum atomic E-state index is 9.59. The van der Waals surface area contributed by atoms with Crippen LogP contribution in [0.25, 0.3) is 0 Å². The number of H-pyrrole nitrogens is 1. The monoisotopic (exact) mass is 438 g/mol. The highest BCUT2D eigenvalue weighted by atomic mass is 79.9. The molecule has 1 atom stereocenters. The van der Waals surface area contributed by atoms with Gasteiger partial charge in [0.05, 0.1) is 17.5 Å². The predicted octanol–water partition coefficient (Wildman–Crippen LogP) is 3.47. The second kappa shape index (κ2) is 5.91. The number of methoxy groups -OCH3 is 1. The van der Waals surface area contributed by atoms with Gasteiger partial charge in [0.2, 0.25) is 11.8 Å². The normalized spacial score (nSPS) is 16.6. The zero-order valence-corrected chi connectivity index (χ0v) is 15.4. The zero-order valence-electron chi connectivity index (χ0n) is 12.3. The summed E-state index contributed by atoms with van der Waals surface area (Å²) >= 11 is 6.97. The molecule has 0 amide bonds. The van der Waals surface area contributed by atoms with Crippen molar-refractivity contribution in [3.8, 4) is 17.7 Å². The summed E-state index contributed by atoms with van der Waals surface area (Å²) in [6, 6.07) is 5.93. The number of aryl methyl sites for hydroxylation is 1. The van der Waals surface area contributed by atoms with Gasteiger partial charge in [0.1, 0.15) is 17.4 Å². The Morgan fingerprint density at radius 3 is 2.83 bits per heavy atom. The molecule has 1 aromatic carbocycles. The van der Waals surface area contributed by atoms with Crippen LogP contribution < -0.4 is 15.2 Å². The molecular formula is C15H12Br2N4O2. The van der Waals surface area contributed by atoms with Crippen molar-refractivity contribution in [2.75, 3.05) is 7.11 Å². The van der Waals surface area contributed by atoms with Crippen LogP contribution >= 0.6 is 31.9 Å². The standard InChI is InChI=1S/C15H12Br2N4O2/c1-6-11-12(8-3-7(16)4-10(17)13(8)22-2)9(5-18)14(19)23-15(11)21-20-6/h3-4,12H,19H2,1-2H3,(H,20,21)/t12-/m1/s1. The van der Waals surface area contributed by atoms with Gasteiger partial charge in [-0.3, -0.25) is 5.10 Å². The molecule has 0 fully saturated rings. The molecule has 6 nitrogen and oxygen atoms in total. The van der Waals surface area contributed by atoms with E-state index in [1.54, 1.807) is 7.11 Å².